The number of nitrogens with two attached hydrogens (primary N) is 1. The number of primary amides is 1. The van der Waals surface area contributed by atoms with Crippen LogP contribution in [-0.2, 0) is 9.53 Å². The Morgan fingerprint density at radius 3 is 2.43 bits per heavy atom. The average Bonchev–Trinajstić information content (AvgIpc) is 2.67. The van der Waals surface area contributed by atoms with E-state index in [9.17, 15) is 19.2 Å². The molecule has 0 fully saturated rings. The van der Waals surface area contributed by atoms with E-state index in [0.29, 0.717) is 22.2 Å². The number of amides is 2. The third kappa shape index (κ3) is 4.07. The minimum atomic E-state index is -1.11. The molecule has 1 heterocycles. The molecular formula is C20H17N3O5. The molecule has 3 aromatic rings. The number of anilines is 1. The lowest BCUT2D eigenvalue weighted by Gasteiger charge is -2.14. The van der Waals surface area contributed by atoms with Gasteiger partial charge in [0.05, 0.1) is 5.56 Å². The number of hydrogen-bond donors (Lipinski definition) is 3. The first-order chi connectivity index (χ1) is 13.3. The SMILES string of the molecule is C[C@@H](OC(=O)c1cc(=O)[nH]c2ccccc12)C(=O)Nc1ccc(C(N)=O)cc1. The monoisotopic (exact) mass is 379 g/mol. The van der Waals surface area contributed by atoms with Gasteiger partial charge in [-0.15, -0.1) is 0 Å². The number of rotatable bonds is 5. The highest BCUT2D eigenvalue weighted by Gasteiger charge is 2.21. The van der Waals surface area contributed by atoms with Gasteiger partial charge in [0.25, 0.3) is 5.91 Å². The van der Waals surface area contributed by atoms with Gasteiger partial charge in [-0.3, -0.25) is 14.4 Å². The van der Waals surface area contributed by atoms with Crippen molar-refractivity contribution in [1.29, 1.82) is 0 Å². The molecule has 1 aromatic heterocycles. The fourth-order valence-corrected chi connectivity index (χ4v) is 2.61. The minimum absolute atomic E-state index is 0.0739. The van der Waals surface area contributed by atoms with Crippen molar-refractivity contribution in [3.05, 3.63) is 76.1 Å². The molecule has 4 N–H and O–H groups in total. The smallest absolute Gasteiger partial charge is 0.339 e. The number of aromatic amines is 1. The van der Waals surface area contributed by atoms with Crippen molar-refractivity contribution in [1.82, 2.24) is 4.98 Å². The number of pyridine rings is 1. The van der Waals surface area contributed by atoms with Gasteiger partial charge in [0.2, 0.25) is 11.5 Å². The summed E-state index contributed by atoms with van der Waals surface area (Å²) in [6.07, 6.45) is -1.11. The van der Waals surface area contributed by atoms with Crippen LogP contribution in [0.1, 0.15) is 27.6 Å². The summed E-state index contributed by atoms with van der Waals surface area (Å²) in [5.74, 6) is -1.92. The summed E-state index contributed by atoms with van der Waals surface area (Å²) in [6, 6.07) is 13.9. The summed E-state index contributed by atoms with van der Waals surface area (Å²) < 4.78 is 5.22. The van der Waals surface area contributed by atoms with Crippen LogP contribution < -0.4 is 16.6 Å². The van der Waals surface area contributed by atoms with Crippen molar-refractivity contribution in [2.75, 3.05) is 5.32 Å². The Hall–Kier alpha value is -3.94. The highest BCUT2D eigenvalue weighted by molar-refractivity contribution is 6.04. The second kappa shape index (κ2) is 7.75. The van der Waals surface area contributed by atoms with E-state index in [4.69, 9.17) is 10.5 Å². The van der Waals surface area contributed by atoms with Gasteiger partial charge >= 0.3 is 5.97 Å². The van der Waals surface area contributed by atoms with E-state index in [2.05, 4.69) is 10.3 Å². The van der Waals surface area contributed by atoms with Crippen LogP contribution in [0.3, 0.4) is 0 Å². The second-order valence-electron chi connectivity index (χ2n) is 6.07. The van der Waals surface area contributed by atoms with Crippen molar-refractivity contribution in [2.24, 2.45) is 5.73 Å². The van der Waals surface area contributed by atoms with Crippen LogP contribution in [0.4, 0.5) is 5.69 Å². The van der Waals surface area contributed by atoms with Crippen LogP contribution in [0.2, 0.25) is 0 Å². The highest BCUT2D eigenvalue weighted by atomic mass is 16.5. The molecule has 3 rings (SSSR count). The van der Waals surface area contributed by atoms with E-state index in [1.165, 1.54) is 31.2 Å². The maximum absolute atomic E-state index is 12.5. The fraction of sp³-hybridized carbons (Fsp3) is 0.100. The Labute approximate surface area is 159 Å². The standard InChI is InChI=1S/C20H17N3O5/c1-11(19(26)22-13-8-6-12(7-9-13)18(21)25)28-20(27)15-10-17(24)23-16-5-3-2-4-14(15)16/h2-11H,1H3,(H2,21,25)(H,22,26)(H,23,24)/t11-/m1/s1. The van der Waals surface area contributed by atoms with E-state index in [0.717, 1.165) is 6.07 Å². The number of ether oxygens (including phenoxy) is 1. The number of aromatic nitrogens is 1. The first-order valence-corrected chi connectivity index (χ1v) is 8.39. The molecule has 0 aliphatic carbocycles. The molecule has 28 heavy (non-hydrogen) atoms. The Bertz CT molecular complexity index is 1120. The van der Waals surface area contributed by atoms with Crippen LogP contribution in [0, 0.1) is 0 Å². The molecule has 0 bridgehead atoms. The molecule has 0 spiro atoms. The molecule has 2 aromatic carbocycles. The summed E-state index contributed by atoms with van der Waals surface area (Å²) in [5.41, 5.74) is 6.01. The Kier molecular flexibility index (Phi) is 5.21. The van der Waals surface area contributed by atoms with Gasteiger partial charge < -0.3 is 20.8 Å². The Morgan fingerprint density at radius 2 is 1.75 bits per heavy atom. The molecule has 0 aliphatic rings. The molecule has 0 saturated heterocycles. The summed E-state index contributed by atoms with van der Waals surface area (Å²) >= 11 is 0. The van der Waals surface area contributed by atoms with Crippen LogP contribution in [0.5, 0.6) is 0 Å². The van der Waals surface area contributed by atoms with E-state index in [-0.39, 0.29) is 5.56 Å². The Balaban J connectivity index is 1.73. The highest BCUT2D eigenvalue weighted by Crippen LogP contribution is 2.17. The fourth-order valence-electron chi connectivity index (χ4n) is 2.61. The summed E-state index contributed by atoms with van der Waals surface area (Å²) in [4.78, 5) is 50.2. The lowest BCUT2D eigenvalue weighted by molar-refractivity contribution is -0.123. The van der Waals surface area contributed by atoms with Crippen LogP contribution >= 0.6 is 0 Å². The number of para-hydroxylation sites is 1. The summed E-state index contributed by atoms with van der Waals surface area (Å²) in [5, 5.41) is 3.09. The molecular weight excluding hydrogens is 362 g/mol. The van der Waals surface area contributed by atoms with Crippen molar-refractivity contribution < 1.29 is 19.1 Å². The number of H-pyrrole nitrogens is 1. The number of esters is 1. The van der Waals surface area contributed by atoms with Gasteiger partial charge in [-0.1, -0.05) is 18.2 Å². The van der Waals surface area contributed by atoms with Crippen molar-refractivity contribution >= 4 is 34.4 Å². The first-order valence-electron chi connectivity index (χ1n) is 8.39. The predicted molar refractivity (Wildman–Crippen MR) is 103 cm³/mol. The van der Waals surface area contributed by atoms with Gasteiger partial charge in [0, 0.05) is 28.2 Å². The van der Waals surface area contributed by atoms with Crippen LogP contribution in [-0.4, -0.2) is 28.9 Å². The zero-order valence-electron chi connectivity index (χ0n) is 14.9. The van der Waals surface area contributed by atoms with Gasteiger partial charge in [0.1, 0.15) is 0 Å². The zero-order chi connectivity index (χ0) is 20.3. The number of nitrogens with one attached hydrogen (secondary N) is 2. The molecule has 142 valence electrons. The number of carbonyl (C=O) groups is 3. The van der Waals surface area contributed by atoms with Gasteiger partial charge in [-0.2, -0.15) is 0 Å². The van der Waals surface area contributed by atoms with Crippen LogP contribution in [0.25, 0.3) is 10.9 Å². The minimum Gasteiger partial charge on any atom is -0.449 e. The molecule has 0 aliphatic heterocycles. The summed E-state index contributed by atoms with van der Waals surface area (Å²) in [7, 11) is 0. The number of hydrogen-bond acceptors (Lipinski definition) is 5. The maximum atomic E-state index is 12.5. The van der Waals surface area contributed by atoms with Crippen molar-refractivity contribution in [2.45, 2.75) is 13.0 Å². The third-order valence-electron chi connectivity index (χ3n) is 4.06. The molecule has 8 heteroatoms. The largest absolute Gasteiger partial charge is 0.449 e. The quantitative estimate of drug-likeness (QED) is 0.582. The zero-order valence-corrected chi connectivity index (χ0v) is 14.9. The average molecular weight is 379 g/mol. The first kappa shape index (κ1) is 18.8. The van der Waals surface area contributed by atoms with E-state index in [1.54, 1.807) is 24.3 Å². The molecule has 2 amide bonds. The third-order valence-corrected chi connectivity index (χ3v) is 4.06. The van der Waals surface area contributed by atoms with E-state index in [1.807, 2.05) is 0 Å². The number of carbonyl (C=O) groups excluding carboxylic acids is 3. The second-order valence-corrected chi connectivity index (χ2v) is 6.07. The Morgan fingerprint density at radius 1 is 1.07 bits per heavy atom. The van der Waals surface area contributed by atoms with Crippen LogP contribution in [0.15, 0.2) is 59.4 Å². The van der Waals surface area contributed by atoms with E-state index >= 15 is 0 Å². The number of benzene rings is 2. The molecule has 0 radical (unpaired) electrons. The van der Waals surface area contributed by atoms with Gasteiger partial charge in [-0.25, -0.2) is 4.79 Å². The van der Waals surface area contributed by atoms with Gasteiger partial charge in [0.15, 0.2) is 6.10 Å². The maximum Gasteiger partial charge on any atom is 0.339 e. The molecule has 1 atom stereocenters. The number of fused-ring (bicyclic) bond motifs is 1. The topological polar surface area (TPSA) is 131 Å². The van der Waals surface area contributed by atoms with Gasteiger partial charge in [-0.05, 0) is 37.3 Å². The lowest BCUT2D eigenvalue weighted by atomic mass is 10.1. The van der Waals surface area contributed by atoms with Crippen molar-refractivity contribution in [3.8, 4) is 0 Å². The van der Waals surface area contributed by atoms with E-state index < -0.39 is 29.4 Å². The normalized spacial score (nSPS) is 11.6. The molecule has 8 nitrogen and oxygen atoms in total. The molecule has 0 saturated carbocycles. The summed E-state index contributed by atoms with van der Waals surface area (Å²) in [6.45, 7) is 1.42. The predicted octanol–water partition coefficient (Wildman–Crippen LogP) is 1.81. The molecule has 0 unspecified atom stereocenters. The van der Waals surface area contributed by atoms with Crippen molar-refractivity contribution in [3.63, 3.8) is 0 Å². The lowest BCUT2D eigenvalue weighted by Crippen LogP contribution is -2.30.